The van der Waals surface area contributed by atoms with Crippen molar-refractivity contribution in [2.24, 2.45) is 4.99 Å². The number of pyridine rings is 1. The van der Waals surface area contributed by atoms with Gasteiger partial charge in [0.2, 0.25) is 0 Å². The molecule has 0 fully saturated rings. The highest BCUT2D eigenvalue weighted by Gasteiger charge is 2.14. The van der Waals surface area contributed by atoms with Crippen LogP contribution in [-0.2, 0) is 19.4 Å². The molecule has 1 aliphatic rings. The Balaban J connectivity index is 0.00000261. The largest absolute Gasteiger partial charge is 0.357 e. The van der Waals surface area contributed by atoms with Crippen LogP contribution in [0.2, 0.25) is 0 Å². The Kier molecular flexibility index (Phi) is 9.55. The first kappa shape index (κ1) is 21.6. The third kappa shape index (κ3) is 7.10. The number of hydrogen-bond acceptors (Lipinski definition) is 3. The molecule has 2 N–H and O–H groups in total. The van der Waals surface area contributed by atoms with Crippen molar-refractivity contribution in [3.05, 3.63) is 65.5 Å². The molecular weight excluding hydrogens is 449 g/mol. The Labute approximate surface area is 179 Å². The minimum Gasteiger partial charge on any atom is -0.357 e. The molecule has 0 unspecified atom stereocenters. The van der Waals surface area contributed by atoms with Gasteiger partial charge in [0.15, 0.2) is 5.96 Å². The second kappa shape index (κ2) is 11.9. The Morgan fingerprint density at radius 2 is 1.93 bits per heavy atom. The molecule has 1 aliphatic heterocycles. The fourth-order valence-electron chi connectivity index (χ4n) is 3.24. The van der Waals surface area contributed by atoms with Crippen LogP contribution in [0.15, 0.2) is 53.7 Å². The minimum absolute atomic E-state index is 0. The molecule has 3 rings (SSSR count). The normalized spacial score (nSPS) is 14.2. The molecule has 0 bridgehead atoms. The molecule has 0 saturated heterocycles. The summed E-state index contributed by atoms with van der Waals surface area (Å²) in [6, 6.07) is 14.8. The van der Waals surface area contributed by atoms with E-state index in [9.17, 15) is 0 Å². The third-order valence-corrected chi connectivity index (χ3v) is 4.64. The van der Waals surface area contributed by atoms with Crippen LogP contribution in [0.25, 0.3) is 0 Å². The van der Waals surface area contributed by atoms with Gasteiger partial charge in [-0.1, -0.05) is 30.3 Å². The molecule has 0 saturated carbocycles. The van der Waals surface area contributed by atoms with Crippen LogP contribution in [0.1, 0.15) is 23.7 Å². The topological polar surface area (TPSA) is 52.6 Å². The van der Waals surface area contributed by atoms with E-state index in [0.717, 1.165) is 63.8 Å². The van der Waals surface area contributed by atoms with Crippen LogP contribution in [-0.4, -0.2) is 48.6 Å². The molecular formula is C21H30IN5. The Morgan fingerprint density at radius 3 is 2.70 bits per heavy atom. The molecule has 146 valence electrons. The summed E-state index contributed by atoms with van der Waals surface area (Å²) in [7, 11) is 0. The van der Waals surface area contributed by atoms with Crippen LogP contribution in [0, 0.1) is 0 Å². The predicted octanol–water partition coefficient (Wildman–Crippen LogP) is 2.86. The quantitative estimate of drug-likeness (QED) is 0.365. The van der Waals surface area contributed by atoms with Crippen LogP contribution >= 0.6 is 24.0 Å². The second-order valence-electron chi connectivity index (χ2n) is 6.55. The fraction of sp³-hybridized carbons (Fsp3) is 0.429. The third-order valence-electron chi connectivity index (χ3n) is 4.64. The predicted molar refractivity (Wildman–Crippen MR) is 123 cm³/mol. The number of guanidine groups is 1. The summed E-state index contributed by atoms with van der Waals surface area (Å²) in [5, 5.41) is 6.73. The van der Waals surface area contributed by atoms with Crippen molar-refractivity contribution in [3.63, 3.8) is 0 Å². The van der Waals surface area contributed by atoms with Gasteiger partial charge >= 0.3 is 0 Å². The first-order valence-electron chi connectivity index (χ1n) is 9.56. The van der Waals surface area contributed by atoms with Gasteiger partial charge in [0.25, 0.3) is 0 Å². The monoisotopic (exact) mass is 479 g/mol. The number of aromatic nitrogens is 1. The lowest BCUT2D eigenvalue weighted by molar-refractivity contribution is 0.261. The summed E-state index contributed by atoms with van der Waals surface area (Å²) in [5.74, 6) is 0.890. The van der Waals surface area contributed by atoms with Gasteiger partial charge in [-0.25, -0.2) is 0 Å². The number of aliphatic imine (C=N–C) groups is 1. The van der Waals surface area contributed by atoms with E-state index < -0.39 is 0 Å². The average Bonchev–Trinajstić information content (AvgIpc) is 2.69. The van der Waals surface area contributed by atoms with Crippen LogP contribution < -0.4 is 10.6 Å². The van der Waals surface area contributed by atoms with Gasteiger partial charge in [-0.3, -0.25) is 14.9 Å². The maximum absolute atomic E-state index is 4.73. The standard InChI is InChI=1S/C21H29N5.HI/c1-2-22-21(24-13-10-20-9-5-6-12-23-20)25-14-16-26-15-11-18-7-3-4-8-19(18)17-26;/h3-9,12H,2,10-11,13-17H2,1H3,(H2,22,24,25);1H. The zero-order valence-electron chi connectivity index (χ0n) is 16.0. The molecule has 1 aromatic carbocycles. The van der Waals surface area contributed by atoms with E-state index in [2.05, 4.69) is 57.8 Å². The zero-order valence-corrected chi connectivity index (χ0v) is 18.4. The van der Waals surface area contributed by atoms with Gasteiger partial charge in [-0.2, -0.15) is 0 Å². The van der Waals surface area contributed by atoms with Crippen molar-refractivity contribution in [2.45, 2.75) is 26.3 Å². The van der Waals surface area contributed by atoms with E-state index in [0.29, 0.717) is 0 Å². The molecule has 1 aromatic heterocycles. The van der Waals surface area contributed by atoms with Crippen LogP contribution in [0.3, 0.4) is 0 Å². The van der Waals surface area contributed by atoms with E-state index in [1.54, 1.807) is 0 Å². The molecule has 2 aromatic rings. The highest BCUT2D eigenvalue weighted by Crippen LogP contribution is 2.17. The number of halogens is 1. The molecule has 0 aliphatic carbocycles. The maximum Gasteiger partial charge on any atom is 0.191 e. The van der Waals surface area contributed by atoms with E-state index in [1.807, 2.05) is 18.3 Å². The highest BCUT2D eigenvalue weighted by atomic mass is 127. The van der Waals surface area contributed by atoms with Gasteiger partial charge in [0.05, 0.1) is 6.54 Å². The number of nitrogens with one attached hydrogen (secondary N) is 2. The molecule has 0 atom stereocenters. The van der Waals surface area contributed by atoms with Crippen molar-refractivity contribution in [1.29, 1.82) is 0 Å². The zero-order chi connectivity index (χ0) is 18.0. The smallest absolute Gasteiger partial charge is 0.191 e. The lowest BCUT2D eigenvalue weighted by atomic mass is 10.0. The Bertz CT molecular complexity index is 705. The van der Waals surface area contributed by atoms with Crippen LogP contribution in [0.4, 0.5) is 0 Å². The molecule has 0 radical (unpaired) electrons. The molecule has 27 heavy (non-hydrogen) atoms. The Hall–Kier alpha value is -1.67. The molecule has 5 nitrogen and oxygen atoms in total. The van der Waals surface area contributed by atoms with Crippen molar-refractivity contribution in [2.75, 3.05) is 32.7 Å². The van der Waals surface area contributed by atoms with Crippen molar-refractivity contribution in [1.82, 2.24) is 20.5 Å². The first-order chi connectivity index (χ1) is 12.8. The van der Waals surface area contributed by atoms with E-state index in [4.69, 9.17) is 4.99 Å². The first-order valence-corrected chi connectivity index (χ1v) is 9.56. The summed E-state index contributed by atoms with van der Waals surface area (Å²) < 4.78 is 0. The maximum atomic E-state index is 4.73. The lowest BCUT2D eigenvalue weighted by Crippen LogP contribution is -2.39. The van der Waals surface area contributed by atoms with Gasteiger partial charge in [-0.15, -0.1) is 24.0 Å². The summed E-state index contributed by atoms with van der Waals surface area (Å²) in [4.78, 5) is 11.6. The SMILES string of the molecule is CCNC(=NCCN1CCc2ccccc2C1)NCCc1ccccn1.I. The average molecular weight is 479 g/mol. The molecule has 0 spiro atoms. The summed E-state index contributed by atoms with van der Waals surface area (Å²) in [5.41, 5.74) is 4.06. The van der Waals surface area contributed by atoms with Crippen molar-refractivity contribution in [3.8, 4) is 0 Å². The summed E-state index contributed by atoms with van der Waals surface area (Å²) in [6.07, 6.45) is 3.88. The highest BCUT2D eigenvalue weighted by molar-refractivity contribution is 14.0. The van der Waals surface area contributed by atoms with Gasteiger partial charge < -0.3 is 10.6 Å². The van der Waals surface area contributed by atoms with Gasteiger partial charge in [0.1, 0.15) is 0 Å². The second-order valence-corrected chi connectivity index (χ2v) is 6.55. The molecule has 2 heterocycles. The summed E-state index contributed by atoms with van der Waals surface area (Å²) >= 11 is 0. The van der Waals surface area contributed by atoms with Crippen LogP contribution in [0.5, 0.6) is 0 Å². The molecule has 0 amide bonds. The number of fused-ring (bicyclic) bond motifs is 1. The van der Waals surface area contributed by atoms with Gasteiger partial charge in [-0.05, 0) is 36.6 Å². The number of nitrogens with zero attached hydrogens (tertiary/aromatic N) is 3. The Morgan fingerprint density at radius 1 is 1.11 bits per heavy atom. The number of rotatable bonds is 7. The van der Waals surface area contributed by atoms with Crippen molar-refractivity contribution >= 4 is 29.9 Å². The van der Waals surface area contributed by atoms with E-state index >= 15 is 0 Å². The van der Waals surface area contributed by atoms with E-state index in [1.165, 1.54) is 11.1 Å². The number of benzene rings is 1. The fourth-order valence-corrected chi connectivity index (χ4v) is 3.24. The van der Waals surface area contributed by atoms with Crippen molar-refractivity contribution < 1.29 is 0 Å². The van der Waals surface area contributed by atoms with Gasteiger partial charge in [0, 0.05) is 51.0 Å². The summed E-state index contributed by atoms with van der Waals surface area (Å²) in [6.45, 7) is 7.75. The number of hydrogen-bond donors (Lipinski definition) is 2. The minimum atomic E-state index is 0. The lowest BCUT2D eigenvalue weighted by Gasteiger charge is -2.28. The molecule has 6 heteroatoms. The van der Waals surface area contributed by atoms with E-state index in [-0.39, 0.29) is 24.0 Å².